The summed E-state index contributed by atoms with van der Waals surface area (Å²) in [6.07, 6.45) is -1.41. The van der Waals surface area contributed by atoms with Gasteiger partial charge in [0.05, 0.1) is 5.38 Å². The molecule has 0 aromatic heterocycles. The summed E-state index contributed by atoms with van der Waals surface area (Å²) in [5.74, 6) is 0. The first kappa shape index (κ1) is 7.18. The Balaban J connectivity index is 3.14. The molecule has 2 atom stereocenters. The topological polar surface area (TPSA) is 20.2 Å². The fourth-order valence-corrected chi connectivity index (χ4v) is 0.194. The molecule has 1 N–H and O–H groups in total. The Labute approximate surface area is 47.1 Å². The van der Waals surface area contributed by atoms with Crippen LogP contribution in [-0.2, 0) is 0 Å². The largest absolute Gasteiger partial charge is 0.363 e. The van der Waals surface area contributed by atoms with Gasteiger partial charge in [0.2, 0.25) is 6.36 Å². The smallest absolute Gasteiger partial charge is 0.212 e. The van der Waals surface area contributed by atoms with E-state index in [0.29, 0.717) is 6.42 Å². The zero-order valence-corrected chi connectivity index (χ0v) is 4.82. The third-order valence-corrected chi connectivity index (χ3v) is 1.20. The van der Waals surface area contributed by atoms with Gasteiger partial charge in [0.1, 0.15) is 0 Å². The van der Waals surface area contributed by atoms with Crippen molar-refractivity contribution in [3.8, 4) is 0 Å². The van der Waals surface area contributed by atoms with Crippen molar-refractivity contribution in [2.75, 3.05) is 0 Å². The number of aliphatic hydroxyl groups is 1. The fourth-order valence-electron chi connectivity index (χ4n) is 0.194. The van der Waals surface area contributed by atoms with Crippen molar-refractivity contribution in [3.63, 3.8) is 0 Å². The predicted octanol–water partition coefficient (Wildman–Crippen LogP) is 1.29. The SMILES string of the molecule is CCC(Cl)C(O)F. The van der Waals surface area contributed by atoms with Gasteiger partial charge in [-0.3, -0.25) is 0 Å². The molecule has 0 spiro atoms. The number of hydrogen-bond donors (Lipinski definition) is 1. The van der Waals surface area contributed by atoms with Crippen molar-refractivity contribution in [2.24, 2.45) is 0 Å². The van der Waals surface area contributed by atoms with Crippen molar-refractivity contribution in [1.29, 1.82) is 0 Å². The summed E-state index contributed by atoms with van der Waals surface area (Å²) in [5.41, 5.74) is 0. The van der Waals surface area contributed by atoms with E-state index >= 15 is 0 Å². The number of alkyl halides is 2. The van der Waals surface area contributed by atoms with Crippen molar-refractivity contribution in [1.82, 2.24) is 0 Å². The highest BCUT2D eigenvalue weighted by Crippen LogP contribution is 2.06. The van der Waals surface area contributed by atoms with Crippen molar-refractivity contribution >= 4 is 11.6 Å². The highest BCUT2D eigenvalue weighted by molar-refractivity contribution is 6.20. The second-order valence-corrected chi connectivity index (χ2v) is 1.86. The average Bonchev–Trinajstić information content (AvgIpc) is 1.65. The van der Waals surface area contributed by atoms with E-state index in [4.69, 9.17) is 16.7 Å². The van der Waals surface area contributed by atoms with Gasteiger partial charge in [-0.15, -0.1) is 11.6 Å². The van der Waals surface area contributed by atoms with Crippen LogP contribution < -0.4 is 0 Å². The third-order valence-electron chi connectivity index (χ3n) is 0.688. The molecule has 0 saturated heterocycles. The summed E-state index contributed by atoms with van der Waals surface area (Å²) in [6, 6.07) is 0. The Hall–Kier alpha value is 0.180. The molecular formula is C4H8ClFO. The highest BCUT2D eigenvalue weighted by atomic mass is 35.5. The molecule has 2 unspecified atom stereocenters. The standard InChI is InChI=1S/C4H8ClFO/c1-2-3(5)4(6)7/h3-4,7H,2H2,1H3. The van der Waals surface area contributed by atoms with Crippen LogP contribution in [0.25, 0.3) is 0 Å². The molecule has 0 fully saturated rings. The summed E-state index contributed by atoms with van der Waals surface area (Å²) < 4.78 is 11.5. The first-order valence-electron chi connectivity index (χ1n) is 2.14. The third kappa shape index (κ3) is 2.83. The van der Waals surface area contributed by atoms with Gasteiger partial charge in [-0.1, -0.05) is 6.92 Å². The molecule has 0 aliphatic carbocycles. The van der Waals surface area contributed by atoms with E-state index in [9.17, 15) is 4.39 Å². The quantitative estimate of drug-likeness (QED) is 0.553. The minimum absolute atomic E-state index is 0.458. The Morgan fingerprint density at radius 2 is 2.29 bits per heavy atom. The molecule has 7 heavy (non-hydrogen) atoms. The van der Waals surface area contributed by atoms with Crippen LogP contribution in [0.5, 0.6) is 0 Å². The van der Waals surface area contributed by atoms with Gasteiger partial charge in [0, 0.05) is 0 Å². The lowest BCUT2D eigenvalue weighted by atomic mass is 10.3. The Bertz CT molecular complexity index is 49.0. The van der Waals surface area contributed by atoms with E-state index < -0.39 is 11.7 Å². The van der Waals surface area contributed by atoms with Gasteiger partial charge in [-0.2, -0.15) is 0 Å². The maximum Gasteiger partial charge on any atom is 0.212 e. The fraction of sp³-hybridized carbons (Fsp3) is 1.00. The lowest BCUT2D eigenvalue weighted by molar-refractivity contribution is 0.0376. The lowest BCUT2D eigenvalue weighted by Gasteiger charge is -2.03. The van der Waals surface area contributed by atoms with Crippen LogP contribution in [0.3, 0.4) is 0 Å². The van der Waals surface area contributed by atoms with Gasteiger partial charge in [-0.05, 0) is 6.42 Å². The Morgan fingerprint density at radius 3 is 2.29 bits per heavy atom. The first-order valence-corrected chi connectivity index (χ1v) is 2.58. The van der Waals surface area contributed by atoms with Crippen LogP contribution in [0.1, 0.15) is 13.3 Å². The number of aliphatic hydroxyl groups excluding tert-OH is 1. The molecule has 0 aliphatic rings. The maximum atomic E-state index is 11.5. The minimum atomic E-state index is -1.87. The van der Waals surface area contributed by atoms with Crippen molar-refractivity contribution < 1.29 is 9.50 Å². The van der Waals surface area contributed by atoms with E-state index in [-0.39, 0.29) is 0 Å². The Kier molecular flexibility index (Phi) is 3.30. The van der Waals surface area contributed by atoms with E-state index in [2.05, 4.69) is 0 Å². The highest BCUT2D eigenvalue weighted by Gasteiger charge is 2.10. The summed E-state index contributed by atoms with van der Waals surface area (Å²) in [5, 5.41) is 7.29. The first-order chi connectivity index (χ1) is 3.18. The van der Waals surface area contributed by atoms with Crippen LogP contribution in [0.4, 0.5) is 4.39 Å². The summed E-state index contributed by atoms with van der Waals surface area (Å²) in [7, 11) is 0. The van der Waals surface area contributed by atoms with Crippen LogP contribution in [0, 0.1) is 0 Å². The Morgan fingerprint density at radius 1 is 1.86 bits per heavy atom. The molecule has 3 heteroatoms. The van der Waals surface area contributed by atoms with Crippen molar-refractivity contribution in [3.05, 3.63) is 0 Å². The number of hydrogen-bond acceptors (Lipinski definition) is 1. The molecule has 0 amide bonds. The van der Waals surface area contributed by atoms with Crippen LogP contribution in [0.2, 0.25) is 0 Å². The van der Waals surface area contributed by atoms with Crippen LogP contribution in [-0.4, -0.2) is 16.8 Å². The van der Waals surface area contributed by atoms with E-state index in [1.807, 2.05) is 0 Å². The van der Waals surface area contributed by atoms with Gasteiger partial charge in [0.25, 0.3) is 0 Å². The van der Waals surface area contributed by atoms with Gasteiger partial charge in [-0.25, -0.2) is 4.39 Å². The van der Waals surface area contributed by atoms with Crippen LogP contribution in [0.15, 0.2) is 0 Å². The molecule has 1 nitrogen and oxygen atoms in total. The molecule has 0 aliphatic heterocycles. The van der Waals surface area contributed by atoms with Crippen molar-refractivity contribution in [2.45, 2.75) is 25.1 Å². The van der Waals surface area contributed by atoms with Gasteiger partial charge < -0.3 is 5.11 Å². The zero-order chi connectivity index (χ0) is 5.86. The predicted molar refractivity (Wildman–Crippen MR) is 27.0 cm³/mol. The number of halogens is 2. The second kappa shape index (κ2) is 3.22. The second-order valence-electron chi connectivity index (χ2n) is 1.30. The normalized spacial score (nSPS) is 18.9. The maximum absolute atomic E-state index is 11.5. The molecule has 0 saturated carbocycles. The lowest BCUT2D eigenvalue weighted by Crippen LogP contribution is -2.12. The molecule has 0 aromatic rings. The molecule has 0 radical (unpaired) electrons. The van der Waals surface area contributed by atoms with E-state index in [0.717, 1.165) is 0 Å². The zero-order valence-electron chi connectivity index (χ0n) is 4.06. The monoisotopic (exact) mass is 126 g/mol. The van der Waals surface area contributed by atoms with E-state index in [1.54, 1.807) is 6.92 Å². The summed E-state index contributed by atoms with van der Waals surface area (Å²) in [6.45, 7) is 1.71. The molecule has 0 heterocycles. The van der Waals surface area contributed by atoms with Gasteiger partial charge >= 0.3 is 0 Å². The molecule has 0 bridgehead atoms. The summed E-state index contributed by atoms with van der Waals surface area (Å²) >= 11 is 5.18. The number of rotatable bonds is 2. The van der Waals surface area contributed by atoms with Gasteiger partial charge in [0.15, 0.2) is 0 Å². The van der Waals surface area contributed by atoms with Crippen LogP contribution >= 0.6 is 11.6 Å². The summed E-state index contributed by atoms with van der Waals surface area (Å²) in [4.78, 5) is 0. The molecule has 0 rings (SSSR count). The molecule has 44 valence electrons. The van der Waals surface area contributed by atoms with E-state index in [1.165, 1.54) is 0 Å². The minimum Gasteiger partial charge on any atom is -0.363 e. The average molecular weight is 127 g/mol. The molecule has 0 aromatic carbocycles. The molecular weight excluding hydrogens is 118 g/mol.